The van der Waals surface area contributed by atoms with Crippen molar-refractivity contribution in [1.82, 2.24) is 4.98 Å². The van der Waals surface area contributed by atoms with Gasteiger partial charge in [0, 0.05) is 18.0 Å². The smallest absolute Gasteiger partial charge is 0.258 e. The minimum atomic E-state index is -1.09. The second kappa shape index (κ2) is 8.28. The minimum absolute atomic E-state index is 0.198. The van der Waals surface area contributed by atoms with Gasteiger partial charge in [-0.2, -0.15) is 0 Å². The van der Waals surface area contributed by atoms with Gasteiger partial charge < -0.3 is 10.6 Å². The largest absolute Gasteiger partial charge is 0.322 e. The summed E-state index contributed by atoms with van der Waals surface area (Å²) in [5.41, 5.74) is 1.63. The van der Waals surface area contributed by atoms with Gasteiger partial charge in [-0.15, -0.1) is 0 Å². The topological polar surface area (TPSA) is 71.1 Å². The monoisotopic (exact) mass is 435 g/mol. The molecular weight excluding hydrogens is 416 g/mol. The van der Waals surface area contributed by atoms with E-state index >= 15 is 0 Å². The van der Waals surface area contributed by atoms with Gasteiger partial charge in [0.2, 0.25) is 5.91 Å². The van der Waals surface area contributed by atoms with E-state index in [0.717, 1.165) is 24.3 Å². The number of amides is 2. The summed E-state index contributed by atoms with van der Waals surface area (Å²) in [6, 6.07) is 6.64. The molecule has 2 atom stereocenters. The molecule has 2 aromatic rings. The second-order valence-corrected chi connectivity index (χ2v) is 8.46. The quantitative estimate of drug-likeness (QED) is 0.621. The van der Waals surface area contributed by atoms with E-state index in [1.807, 2.05) is 0 Å². The summed E-state index contributed by atoms with van der Waals surface area (Å²) in [6.45, 7) is 0. The van der Waals surface area contributed by atoms with Crippen molar-refractivity contribution in [3.8, 4) is 0 Å². The summed E-state index contributed by atoms with van der Waals surface area (Å²) < 4.78 is 13.0. The first-order chi connectivity index (χ1) is 13.9. The molecule has 5 nitrogen and oxygen atoms in total. The lowest BCUT2D eigenvalue weighted by Crippen LogP contribution is -2.17. The number of aryl methyl sites for hydroxylation is 1. The molecule has 0 bridgehead atoms. The van der Waals surface area contributed by atoms with Crippen molar-refractivity contribution < 1.29 is 14.0 Å². The zero-order chi connectivity index (χ0) is 20.5. The first kappa shape index (κ1) is 20.1. The highest BCUT2D eigenvalue weighted by Crippen LogP contribution is 2.36. The van der Waals surface area contributed by atoms with Gasteiger partial charge in [0.15, 0.2) is 0 Å². The third kappa shape index (κ3) is 5.06. The van der Waals surface area contributed by atoms with Crippen molar-refractivity contribution in [3.63, 3.8) is 0 Å². The molecule has 2 amide bonds. The average Bonchev–Trinajstić information content (AvgIpc) is 3.56. The molecule has 4 rings (SSSR count). The van der Waals surface area contributed by atoms with E-state index in [2.05, 4.69) is 15.6 Å². The molecule has 2 N–H and O–H groups in total. The standard InChI is InChI=1S/C21H20Cl2FN3O2/c22-15-7-12(4-3-11-1-2-11)8-16(23)19(15)21(29)26-13-5-6-25-18(9-13)27-20(28)14-10-17(14)24/h5-9,11,14,17H,1-4,10H2,(H2,25,26,27,28,29)/t14-,17+/m0/s1. The van der Waals surface area contributed by atoms with Gasteiger partial charge in [0.1, 0.15) is 12.0 Å². The number of aromatic nitrogens is 1. The van der Waals surface area contributed by atoms with Crippen molar-refractivity contribution in [2.45, 2.75) is 38.3 Å². The van der Waals surface area contributed by atoms with E-state index in [1.54, 1.807) is 18.2 Å². The Bertz CT molecular complexity index is 942. The molecule has 0 radical (unpaired) electrons. The van der Waals surface area contributed by atoms with E-state index in [9.17, 15) is 14.0 Å². The number of carbonyl (C=O) groups excluding carboxylic acids is 2. The van der Waals surface area contributed by atoms with Crippen molar-refractivity contribution in [1.29, 1.82) is 0 Å². The van der Waals surface area contributed by atoms with Crippen LogP contribution in [0.2, 0.25) is 10.0 Å². The number of pyridine rings is 1. The maximum absolute atomic E-state index is 13.0. The molecule has 152 valence electrons. The van der Waals surface area contributed by atoms with E-state index < -0.39 is 23.9 Å². The number of halogens is 3. The maximum atomic E-state index is 13.0. The molecule has 0 spiro atoms. The van der Waals surface area contributed by atoms with Crippen LogP contribution < -0.4 is 10.6 Å². The average molecular weight is 436 g/mol. The molecule has 8 heteroatoms. The lowest BCUT2D eigenvalue weighted by molar-refractivity contribution is -0.117. The number of rotatable bonds is 7. The predicted octanol–water partition coefficient (Wildman–Crippen LogP) is 5.28. The highest BCUT2D eigenvalue weighted by atomic mass is 35.5. The molecule has 0 aliphatic heterocycles. The Balaban J connectivity index is 1.43. The normalized spacial score (nSPS) is 20.2. The zero-order valence-electron chi connectivity index (χ0n) is 15.6. The number of nitrogens with one attached hydrogen (secondary N) is 2. The van der Waals surface area contributed by atoms with Crippen LogP contribution in [0.25, 0.3) is 0 Å². The molecule has 0 unspecified atom stereocenters. The number of nitrogens with zero attached hydrogens (tertiary/aromatic N) is 1. The minimum Gasteiger partial charge on any atom is -0.322 e. The summed E-state index contributed by atoms with van der Waals surface area (Å²) in [4.78, 5) is 28.6. The Hall–Kier alpha value is -2.18. The Kier molecular flexibility index (Phi) is 5.74. The lowest BCUT2D eigenvalue weighted by Gasteiger charge is -2.12. The first-order valence-corrected chi connectivity index (χ1v) is 10.4. The van der Waals surface area contributed by atoms with Gasteiger partial charge in [-0.25, -0.2) is 9.37 Å². The van der Waals surface area contributed by atoms with E-state index in [4.69, 9.17) is 23.2 Å². The van der Waals surface area contributed by atoms with Gasteiger partial charge in [0.25, 0.3) is 5.91 Å². The molecule has 1 heterocycles. The zero-order valence-corrected chi connectivity index (χ0v) is 17.1. The number of hydrogen-bond acceptors (Lipinski definition) is 3. The van der Waals surface area contributed by atoms with Crippen LogP contribution >= 0.6 is 23.2 Å². The summed E-state index contributed by atoms with van der Waals surface area (Å²) in [5, 5.41) is 5.86. The van der Waals surface area contributed by atoms with Crippen LogP contribution in [0.3, 0.4) is 0 Å². The van der Waals surface area contributed by atoms with Crippen LogP contribution in [-0.2, 0) is 11.2 Å². The predicted molar refractivity (Wildman–Crippen MR) is 111 cm³/mol. The molecule has 2 aliphatic rings. The molecule has 1 aromatic carbocycles. The molecule has 2 fully saturated rings. The van der Waals surface area contributed by atoms with Crippen LogP contribution in [0.4, 0.5) is 15.9 Å². The molecule has 0 saturated heterocycles. The number of benzene rings is 1. The Morgan fingerprint density at radius 3 is 2.45 bits per heavy atom. The Morgan fingerprint density at radius 1 is 1.14 bits per heavy atom. The fourth-order valence-corrected chi connectivity index (χ4v) is 3.89. The van der Waals surface area contributed by atoms with E-state index in [1.165, 1.54) is 25.1 Å². The second-order valence-electron chi connectivity index (χ2n) is 7.65. The molecular formula is C21H20Cl2FN3O2. The van der Waals surface area contributed by atoms with Gasteiger partial charge in [-0.1, -0.05) is 36.0 Å². The Morgan fingerprint density at radius 2 is 1.83 bits per heavy atom. The SMILES string of the molecule is O=C(Nc1ccnc(NC(=O)[C@H]2C[C@H]2F)c1)c1c(Cl)cc(CCC2CC2)cc1Cl. The number of anilines is 2. The van der Waals surface area contributed by atoms with Crippen LogP contribution in [0, 0.1) is 11.8 Å². The lowest BCUT2D eigenvalue weighted by atomic mass is 10.0. The van der Waals surface area contributed by atoms with Crippen molar-refractivity contribution in [3.05, 3.63) is 51.6 Å². The summed E-state index contributed by atoms with van der Waals surface area (Å²) in [7, 11) is 0. The summed E-state index contributed by atoms with van der Waals surface area (Å²) in [6.07, 6.45) is 5.14. The number of alkyl halides is 1. The molecule has 29 heavy (non-hydrogen) atoms. The van der Waals surface area contributed by atoms with Crippen LogP contribution in [0.5, 0.6) is 0 Å². The summed E-state index contributed by atoms with van der Waals surface area (Å²) in [5.74, 6) is -0.456. The Labute approximate surface area is 178 Å². The number of hydrogen-bond donors (Lipinski definition) is 2. The van der Waals surface area contributed by atoms with E-state index in [0.29, 0.717) is 15.7 Å². The van der Waals surface area contributed by atoms with Crippen molar-refractivity contribution in [2.75, 3.05) is 10.6 Å². The van der Waals surface area contributed by atoms with Crippen LogP contribution in [-0.4, -0.2) is 23.0 Å². The molecule has 1 aromatic heterocycles. The third-order valence-corrected chi connectivity index (χ3v) is 5.78. The molecule has 2 saturated carbocycles. The van der Waals surface area contributed by atoms with Gasteiger partial charge in [-0.05, 0) is 48.9 Å². The maximum Gasteiger partial charge on any atom is 0.258 e. The van der Waals surface area contributed by atoms with Crippen LogP contribution in [0.1, 0.15) is 41.6 Å². The van der Waals surface area contributed by atoms with Crippen molar-refractivity contribution >= 4 is 46.5 Å². The van der Waals surface area contributed by atoms with Crippen molar-refractivity contribution in [2.24, 2.45) is 11.8 Å². The fraction of sp³-hybridized carbons (Fsp3) is 0.381. The molecule has 2 aliphatic carbocycles. The highest BCUT2D eigenvalue weighted by molar-refractivity contribution is 6.40. The van der Waals surface area contributed by atoms with Gasteiger partial charge in [-0.3, -0.25) is 9.59 Å². The number of carbonyl (C=O) groups is 2. The fourth-order valence-electron chi connectivity index (χ4n) is 3.19. The third-order valence-electron chi connectivity index (χ3n) is 5.19. The highest BCUT2D eigenvalue weighted by Gasteiger charge is 2.43. The van der Waals surface area contributed by atoms with E-state index in [-0.39, 0.29) is 17.8 Å². The summed E-state index contributed by atoms with van der Waals surface area (Å²) >= 11 is 12.7. The van der Waals surface area contributed by atoms with Gasteiger partial charge >= 0.3 is 0 Å². The first-order valence-electron chi connectivity index (χ1n) is 9.61. The van der Waals surface area contributed by atoms with Crippen LogP contribution in [0.15, 0.2) is 30.5 Å². The van der Waals surface area contributed by atoms with Gasteiger partial charge in [0.05, 0.1) is 21.5 Å².